The molecule has 8 heteroatoms. The first-order valence-corrected chi connectivity index (χ1v) is 15.7. The van der Waals surface area contributed by atoms with Gasteiger partial charge in [-0.2, -0.15) is 0 Å². The van der Waals surface area contributed by atoms with E-state index in [4.69, 9.17) is 4.74 Å². The number of aliphatic hydroxyl groups is 1. The van der Waals surface area contributed by atoms with Gasteiger partial charge in [0.2, 0.25) is 11.8 Å². The maximum atomic E-state index is 14.9. The zero-order chi connectivity index (χ0) is 31.8. The highest BCUT2D eigenvalue weighted by Gasteiger charge is 2.75. The summed E-state index contributed by atoms with van der Waals surface area (Å²) < 4.78 is 6.74. The summed E-state index contributed by atoms with van der Waals surface area (Å²) in [6.07, 6.45) is 4.41. The predicted octanol–water partition coefficient (Wildman–Crippen LogP) is 4.82. The Morgan fingerprint density at radius 3 is 2.39 bits per heavy atom. The summed E-state index contributed by atoms with van der Waals surface area (Å²) in [6.45, 7) is 16.0. The number of carbonyl (C=O) groups is 3. The number of anilines is 2. The molecule has 2 aromatic carbocycles. The Morgan fingerprint density at radius 1 is 1.07 bits per heavy atom. The van der Waals surface area contributed by atoms with Crippen LogP contribution >= 0.6 is 0 Å². The molecule has 2 bridgehead atoms. The third-order valence-corrected chi connectivity index (χ3v) is 9.48. The highest BCUT2D eigenvalue weighted by atomic mass is 16.5. The molecule has 3 aliphatic heterocycles. The topological polar surface area (TPSA) is 90.4 Å². The van der Waals surface area contributed by atoms with Crippen molar-refractivity contribution in [2.45, 2.75) is 70.7 Å². The molecular weight excluding hydrogens is 554 g/mol. The number of para-hydroxylation sites is 1. The molecule has 3 saturated heterocycles. The van der Waals surface area contributed by atoms with Gasteiger partial charge in [0.1, 0.15) is 11.6 Å². The normalized spacial score (nSPS) is 26.0. The second-order valence-electron chi connectivity index (χ2n) is 12.9. The lowest BCUT2D eigenvalue weighted by molar-refractivity contribution is -0.144. The molecule has 234 valence electrons. The molecule has 44 heavy (non-hydrogen) atoms. The molecule has 2 aromatic rings. The van der Waals surface area contributed by atoms with Crippen molar-refractivity contribution in [3.05, 3.63) is 85.0 Å². The number of hydrogen-bond acceptors (Lipinski definition) is 5. The van der Waals surface area contributed by atoms with Crippen LogP contribution in [0, 0.1) is 31.6 Å². The van der Waals surface area contributed by atoms with Crippen molar-refractivity contribution in [3.63, 3.8) is 0 Å². The SMILES string of the molecule is C=CCN(C(=O)[C@@H]1[C@@H]2CCC3(O2)C(C(=O)N(CC=C)c2cc(C)ccc2C)N([C@@H](CO)CC(C)C)C(=O)[C@H]13)c1ccccc1. The molecule has 3 aliphatic rings. The Bertz CT molecular complexity index is 1420. The van der Waals surface area contributed by atoms with Crippen LogP contribution in [0.1, 0.15) is 44.2 Å². The van der Waals surface area contributed by atoms with Crippen molar-refractivity contribution in [1.82, 2.24) is 4.90 Å². The number of aliphatic hydroxyl groups excluding tert-OH is 1. The van der Waals surface area contributed by atoms with Crippen molar-refractivity contribution in [1.29, 1.82) is 0 Å². The summed E-state index contributed by atoms with van der Waals surface area (Å²) in [4.78, 5) is 49.0. The molecule has 0 saturated carbocycles. The second-order valence-corrected chi connectivity index (χ2v) is 12.9. The van der Waals surface area contributed by atoms with Gasteiger partial charge in [-0.15, -0.1) is 13.2 Å². The number of hydrogen-bond donors (Lipinski definition) is 1. The van der Waals surface area contributed by atoms with Crippen LogP contribution in [0.5, 0.6) is 0 Å². The summed E-state index contributed by atoms with van der Waals surface area (Å²) in [5.74, 6) is -2.23. The fourth-order valence-electron chi connectivity index (χ4n) is 7.70. The number of benzene rings is 2. The lowest BCUT2D eigenvalue weighted by Crippen LogP contribution is -2.59. The van der Waals surface area contributed by atoms with Gasteiger partial charge >= 0.3 is 0 Å². The van der Waals surface area contributed by atoms with Crippen LogP contribution in [0.3, 0.4) is 0 Å². The molecule has 8 nitrogen and oxygen atoms in total. The van der Waals surface area contributed by atoms with Gasteiger partial charge in [-0.3, -0.25) is 14.4 Å². The highest BCUT2D eigenvalue weighted by molar-refractivity contribution is 6.07. The van der Waals surface area contributed by atoms with Crippen LogP contribution in [-0.4, -0.2) is 71.2 Å². The van der Waals surface area contributed by atoms with E-state index in [1.54, 1.807) is 26.9 Å². The minimum Gasteiger partial charge on any atom is -0.394 e. The quantitative estimate of drug-likeness (QED) is 0.353. The first-order valence-electron chi connectivity index (χ1n) is 15.7. The van der Waals surface area contributed by atoms with E-state index < -0.39 is 35.6 Å². The zero-order valence-corrected chi connectivity index (χ0v) is 26.3. The molecule has 2 unspecified atom stereocenters. The lowest BCUT2D eigenvalue weighted by atomic mass is 9.70. The third-order valence-electron chi connectivity index (χ3n) is 9.48. The van der Waals surface area contributed by atoms with E-state index in [1.807, 2.05) is 76.2 Å². The standard InChI is InChI=1S/C36H45N3O5/c1-7-18-37(26-12-10-9-11-13-26)33(41)30-29-16-17-36(44-29)31(30)34(42)39(27(22-40)20-23(3)4)32(36)35(43)38(19-8-2)28-21-24(5)14-15-25(28)6/h7-15,21,23,27,29-32,40H,1-2,16-20,22H2,3-6H3/t27-,29+,30-,31+,32?,36?/m1/s1. The first kappa shape index (κ1) is 31.7. The van der Waals surface area contributed by atoms with Gasteiger partial charge in [0, 0.05) is 24.5 Å². The monoisotopic (exact) mass is 599 g/mol. The van der Waals surface area contributed by atoms with Gasteiger partial charge in [0.15, 0.2) is 0 Å². The van der Waals surface area contributed by atoms with Crippen LogP contribution in [0.4, 0.5) is 11.4 Å². The molecule has 0 aliphatic carbocycles. The number of ether oxygens (including phenoxy) is 1. The molecule has 5 rings (SSSR count). The molecule has 6 atom stereocenters. The van der Waals surface area contributed by atoms with Gasteiger partial charge in [-0.05, 0) is 68.4 Å². The molecule has 1 spiro atoms. The Hall–Kier alpha value is -3.75. The Kier molecular flexibility index (Phi) is 9.14. The summed E-state index contributed by atoms with van der Waals surface area (Å²) in [6, 6.07) is 13.7. The first-order chi connectivity index (χ1) is 21.1. The molecular formula is C36H45N3O5. The molecule has 0 radical (unpaired) electrons. The molecule has 0 aromatic heterocycles. The number of amides is 3. The smallest absolute Gasteiger partial charge is 0.253 e. The Labute approximate surface area is 261 Å². The minimum atomic E-state index is -1.18. The Balaban J connectivity index is 1.62. The Morgan fingerprint density at radius 2 is 1.75 bits per heavy atom. The van der Waals surface area contributed by atoms with E-state index in [9.17, 15) is 19.5 Å². The average Bonchev–Trinajstić information content (AvgIpc) is 3.66. The van der Waals surface area contributed by atoms with E-state index >= 15 is 0 Å². The molecule has 1 N–H and O–H groups in total. The molecule has 3 amide bonds. The summed E-state index contributed by atoms with van der Waals surface area (Å²) in [5, 5.41) is 10.6. The van der Waals surface area contributed by atoms with E-state index in [1.165, 1.54) is 0 Å². The van der Waals surface area contributed by atoms with Crippen molar-refractivity contribution < 1.29 is 24.2 Å². The predicted molar refractivity (Wildman–Crippen MR) is 172 cm³/mol. The maximum absolute atomic E-state index is 14.9. The highest BCUT2D eigenvalue weighted by Crippen LogP contribution is 2.59. The molecule has 3 heterocycles. The van der Waals surface area contributed by atoms with Crippen molar-refractivity contribution in [3.8, 4) is 0 Å². The van der Waals surface area contributed by atoms with Gasteiger partial charge in [-0.1, -0.05) is 56.3 Å². The second kappa shape index (κ2) is 12.7. The summed E-state index contributed by atoms with van der Waals surface area (Å²) >= 11 is 0. The van der Waals surface area contributed by atoms with Gasteiger partial charge < -0.3 is 24.5 Å². The molecule has 3 fully saturated rings. The van der Waals surface area contributed by atoms with Crippen LogP contribution in [0.2, 0.25) is 0 Å². The largest absolute Gasteiger partial charge is 0.394 e. The number of nitrogens with zero attached hydrogens (tertiary/aromatic N) is 3. The van der Waals surface area contributed by atoms with E-state index in [0.29, 0.717) is 24.9 Å². The van der Waals surface area contributed by atoms with Crippen molar-refractivity contribution in [2.24, 2.45) is 17.8 Å². The zero-order valence-electron chi connectivity index (χ0n) is 26.3. The van der Waals surface area contributed by atoms with Crippen LogP contribution < -0.4 is 9.80 Å². The average molecular weight is 600 g/mol. The van der Waals surface area contributed by atoms with Gasteiger partial charge in [-0.25, -0.2) is 0 Å². The van der Waals surface area contributed by atoms with Gasteiger partial charge in [0.05, 0.1) is 30.6 Å². The number of rotatable bonds is 12. The van der Waals surface area contributed by atoms with E-state index in [2.05, 4.69) is 13.2 Å². The number of fused-ring (bicyclic) bond motifs is 1. The van der Waals surface area contributed by atoms with Crippen LogP contribution in [0.25, 0.3) is 0 Å². The van der Waals surface area contributed by atoms with E-state index in [0.717, 1.165) is 16.8 Å². The van der Waals surface area contributed by atoms with Crippen molar-refractivity contribution >= 4 is 29.1 Å². The van der Waals surface area contributed by atoms with Crippen molar-refractivity contribution in [2.75, 3.05) is 29.5 Å². The maximum Gasteiger partial charge on any atom is 0.253 e. The van der Waals surface area contributed by atoms with Crippen LogP contribution in [-0.2, 0) is 19.1 Å². The lowest BCUT2D eigenvalue weighted by Gasteiger charge is -2.40. The number of aryl methyl sites for hydroxylation is 2. The summed E-state index contributed by atoms with van der Waals surface area (Å²) in [5.41, 5.74) is 2.20. The summed E-state index contributed by atoms with van der Waals surface area (Å²) in [7, 11) is 0. The number of carbonyl (C=O) groups excluding carboxylic acids is 3. The fourth-order valence-corrected chi connectivity index (χ4v) is 7.70. The van der Waals surface area contributed by atoms with Crippen LogP contribution in [0.15, 0.2) is 73.8 Å². The number of likely N-dealkylation sites (tertiary alicyclic amines) is 1. The minimum absolute atomic E-state index is 0.160. The van der Waals surface area contributed by atoms with Gasteiger partial charge in [0.25, 0.3) is 5.91 Å². The third kappa shape index (κ3) is 5.28. The van der Waals surface area contributed by atoms with E-state index in [-0.39, 0.29) is 43.3 Å². The fraction of sp³-hybridized carbons (Fsp3) is 0.472.